The minimum atomic E-state index is -0.793. The maximum Gasteiger partial charge on any atom is 0.306 e. The van der Waals surface area contributed by atoms with E-state index in [-0.39, 0.29) is 23.6 Å². The minimum absolute atomic E-state index is 0.0941. The fourth-order valence-corrected chi connectivity index (χ4v) is 2.33. The standard InChI is InChI=1S/C12H16N2O4/c1-6-10(18-7(2)13-6)11(15)14-9-4-3-8(5-9)12(16)17/h8-9H,3-5H2,1-2H3,(H,14,15)(H,16,17)/t8-,9+/m0/s1. The molecule has 0 saturated heterocycles. The van der Waals surface area contributed by atoms with Gasteiger partial charge in [0, 0.05) is 13.0 Å². The average molecular weight is 252 g/mol. The van der Waals surface area contributed by atoms with Crippen LogP contribution in [-0.4, -0.2) is 28.0 Å². The third-order valence-electron chi connectivity index (χ3n) is 3.23. The lowest BCUT2D eigenvalue weighted by atomic mass is 10.1. The number of carboxylic acids is 1. The number of rotatable bonds is 3. The van der Waals surface area contributed by atoms with Gasteiger partial charge in [-0.05, 0) is 26.2 Å². The van der Waals surface area contributed by atoms with Crippen LogP contribution in [0.2, 0.25) is 0 Å². The van der Waals surface area contributed by atoms with E-state index in [0.717, 1.165) is 0 Å². The number of carboxylic acid groups (broad SMARTS) is 1. The quantitative estimate of drug-likeness (QED) is 0.845. The number of aromatic nitrogens is 1. The second-order valence-corrected chi connectivity index (χ2v) is 4.67. The van der Waals surface area contributed by atoms with Gasteiger partial charge in [-0.15, -0.1) is 0 Å². The van der Waals surface area contributed by atoms with E-state index in [4.69, 9.17) is 9.52 Å². The van der Waals surface area contributed by atoms with Crippen LogP contribution in [0.3, 0.4) is 0 Å². The Morgan fingerprint density at radius 2 is 2.11 bits per heavy atom. The number of nitrogens with one attached hydrogen (secondary N) is 1. The zero-order valence-corrected chi connectivity index (χ0v) is 10.4. The van der Waals surface area contributed by atoms with Gasteiger partial charge in [-0.1, -0.05) is 0 Å². The van der Waals surface area contributed by atoms with Crippen molar-refractivity contribution in [1.29, 1.82) is 0 Å². The van der Waals surface area contributed by atoms with Gasteiger partial charge in [0.2, 0.25) is 5.76 Å². The molecule has 1 aromatic rings. The third kappa shape index (κ3) is 2.52. The molecule has 1 aromatic heterocycles. The van der Waals surface area contributed by atoms with Crippen molar-refractivity contribution in [2.45, 2.75) is 39.2 Å². The lowest BCUT2D eigenvalue weighted by molar-refractivity contribution is -0.141. The Hall–Kier alpha value is -1.85. The highest BCUT2D eigenvalue weighted by atomic mass is 16.4. The number of amides is 1. The summed E-state index contributed by atoms with van der Waals surface area (Å²) < 4.78 is 5.22. The van der Waals surface area contributed by atoms with E-state index >= 15 is 0 Å². The van der Waals surface area contributed by atoms with Crippen molar-refractivity contribution in [2.24, 2.45) is 5.92 Å². The number of nitrogens with zero attached hydrogens (tertiary/aromatic N) is 1. The molecule has 0 bridgehead atoms. The number of hydrogen-bond acceptors (Lipinski definition) is 4. The average Bonchev–Trinajstić information content (AvgIpc) is 2.85. The van der Waals surface area contributed by atoms with Gasteiger partial charge >= 0.3 is 5.97 Å². The van der Waals surface area contributed by atoms with Gasteiger partial charge in [0.1, 0.15) is 0 Å². The van der Waals surface area contributed by atoms with Crippen molar-refractivity contribution in [1.82, 2.24) is 10.3 Å². The van der Waals surface area contributed by atoms with Gasteiger partial charge in [0.25, 0.3) is 5.91 Å². The van der Waals surface area contributed by atoms with Crippen LogP contribution in [0.5, 0.6) is 0 Å². The maximum absolute atomic E-state index is 11.9. The largest absolute Gasteiger partial charge is 0.481 e. The van der Waals surface area contributed by atoms with Crippen LogP contribution in [0.15, 0.2) is 4.42 Å². The van der Waals surface area contributed by atoms with Crippen LogP contribution in [0, 0.1) is 19.8 Å². The molecule has 6 heteroatoms. The Morgan fingerprint density at radius 3 is 2.61 bits per heavy atom. The molecule has 1 aliphatic carbocycles. The number of carbonyl (C=O) groups is 2. The Morgan fingerprint density at radius 1 is 1.39 bits per heavy atom. The number of oxazole rings is 1. The van der Waals surface area contributed by atoms with Crippen molar-refractivity contribution in [3.05, 3.63) is 17.3 Å². The van der Waals surface area contributed by atoms with Crippen LogP contribution in [0.25, 0.3) is 0 Å². The van der Waals surface area contributed by atoms with Gasteiger partial charge in [-0.25, -0.2) is 4.98 Å². The molecular formula is C12H16N2O4. The first-order valence-corrected chi connectivity index (χ1v) is 5.95. The summed E-state index contributed by atoms with van der Waals surface area (Å²) >= 11 is 0. The Labute approximate surface area is 104 Å². The number of aryl methyl sites for hydroxylation is 2. The number of hydrogen-bond donors (Lipinski definition) is 2. The first-order valence-electron chi connectivity index (χ1n) is 5.95. The van der Waals surface area contributed by atoms with Gasteiger partial charge in [0.05, 0.1) is 11.6 Å². The minimum Gasteiger partial charge on any atom is -0.481 e. The molecule has 0 radical (unpaired) electrons. The van der Waals surface area contributed by atoms with Crippen LogP contribution in [0.4, 0.5) is 0 Å². The summed E-state index contributed by atoms with van der Waals surface area (Å²) in [6.45, 7) is 3.39. The first kappa shape index (κ1) is 12.6. The van der Waals surface area contributed by atoms with Crippen LogP contribution < -0.4 is 5.32 Å². The normalized spacial score (nSPS) is 23.0. The van der Waals surface area contributed by atoms with Crippen LogP contribution in [0.1, 0.15) is 41.4 Å². The first-order chi connectivity index (χ1) is 8.47. The van der Waals surface area contributed by atoms with Crippen molar-refractivity contribution in [2.75, 3.05) is 0 Å². The smallest absolute Gasteiger partial charge is 0.306 e. The summed E-state index contributed by atoms with van der Waals surface area (Å²) in [6, 6.07) is -0.0941. The van der Waals surface area contributed by atoms with Crippen molar-refractivity contribution in [3.8, 4) is 0 Å². The van der Waals surface area contributed by atoms with E-state index in [1.165, 1.54) is 0 Å². The highest BCUT2D eigenvalue weighted by molar-refractivity contribution is 5.92. The SMILES string of the molecule is Cc1nc(C)c(C(=O)N[C@@H]2CC[C@H](C(=O)O)C2)o1. The van der Waals surface area contributed by atoms with Crippen LogP contribution in [-0.2, 0) is 4.79 Å². The molecule has 18 heavy (non-hydrogen) atoms. The van der Waals surface area contributed by atoms with E-state index in [1.807, 2.05) is 0 Å². The summed E-state index contributed by atoms with van der Waals surface area (Å²) in [5.41, 5.74) is 0.554. The molecule has 6 nitrogen and oxygen atoms in total. The van der Waals surface area contributed by atoms with E-state index in [2.05, 4.69) is 10.3 Å². The predicted octanol–water partition coefficient (Wildman–Crippen LogP) is 1.27. The second-order valence-electron chi connectivity index (χ2n) is 4.67. The van der Waals surface area contributed by atoms with Crippen molar-refractivity contribution in [3.63, 3.8) is 0 Å². The highest BCUT2D eigenvalue weighted by Crippen LogP contribution is 2.26. The van der Waals surface area contributed by atoms with E-state index in [1.54, 1.807) is 13.8 Å². The third-order valence-corrected chi connectivity index (χ3v) is 3.23. The lowest BCUT2D eigenvalue weighted by Crippen LogP contribution is -2.33. The Kier molecular flexibility index (Phi) is 3.36. The fraction of sp³-hybridized carbons (Fsp3) is 0.583. The summed E-state index contributed by atoms with van der Waals surface area (Å²) in [5.74, 6) is -0.797. The van der Waals surface area contributed by atoms with Crippen molar-refractivity contribution >= 4 is 11.9 Å². The molecule has 0 spiro atoms. The predicted molar refractivity (Wildman–Crippen MR) is 62.2 cm³/mol. The molecule has 0 aromatic carbocycles. The van der Waals surface area contributed by atoms with Gasteiger partial charge < -0.3 is 14.8 Å². The molecule has 98 valence electrons. The lowest BCUT2D eigenvalue weighted by Gasteiger charge is -2.11. The topological polar surface area (TPSA) is 92.4 Å². The molecule has 0 unspecified atom stereocenters. The summed E-state index contributed by atoms with van der Waals surface area (Å²) in [6.07, 6.45) is 1.77. The van der Waals surface area contributed by atoms with E-state index < -0.39 is 5.97 Å². The van der Waals surface area contributed by atoms with E-state index in [9.17, 15) is 9.59 Å². The molecule has 1 heterocycles. The number of carbonyl (C=O) groups excluding carboxylic acids is 1. The monoisotopic (exact) mass is 252 g/mol. The summed E-state index contributed by atoms with van der Waals surface area (Å²) in [5, 5.41) is 11.7. The van der Waals surface area contributed by atoms with Gasteiger partial charge in [0.15, 0.2) is 5.89 Å². The number of aliphatic carboxylic acids is 1. The summed E-state index contributed by atoms with van der Waals surface area (Å²) in [7, 11) is 0. The molecule has 2 rings (SSSR count). The maximum atomic E-state index is 11.9. The molecule has 2 N–H and O–H groups in total. The molecule has 1 amide bonds. The summed E-state index contributed by atoms with van der Waals surface area (Å²) in [4.78, 5) is 26.8. The fourth-order valence-electron chi connectivity index (χ4n) is 2.33. The van der Waals surface area contributed by atoms with Crippen LogP contribution >= 0.6 is 0 Å². The zero-order valence-electron chi connectivity index (χ0n) is 10.4. The molecule has 1 saturated carbocycles. The molecular weight excluding hydrogens is 236 g/mol. The Balaban J connectivity index is 1.97. The molecule has 1 fully saturated rings. The second kappa shape index (κ2) is 4.80. The Bertz CT molecular complexity index is 480. The van der Waals surface area contributed by atoms with Gasteiger partial charge in [-0.3, -0.25) is 9.59 Å². The molecule has 2 atom stereocenters. The zero-order chi connectivity index (χ0) is 13.3. The molecule has 0 aliphatic heterocycles. The highest BCUT2D eigenvalue weighted by Gasteiger charge is 2.31. The van der Waals surface area contributed by atoms with Gasteiger partial charge in [-0.2, -0.15) is 0 Å². The molecule has 1 aliphatic rings. The van der Waals surface area contributed by atoms with E-state index in [0.29, 0.717) is 30.8 Å². The van der Waals surface area contributed by atoms with Crippen molar-refractivity contribution < 1.29 is 19.1 Å².